The molecule has 0 saturated carbocycles. The fourth-order valence-corrected chi connectivity index (χ4v) is 4.89. The van der Waals surface area contributed by atoms with Gasteiger partial charge in [-0.1, -0.05) is 13.8 Å². The third kappa shape index (κ3) is 5.10. The average molecular weight is 404 g/mol. The van der Waals surface area contributed by atoms with Crippen LogP contribution >= 0.6 is 12.4 Å². The van der Waals surface area contributed by atoms with Crippen molar-refractivity contribution in [3.8, 4) is 5.75 Å². The van der Waals surface area contributed by atoms with Gasteiger partial charge in [-0.25, -0.2) is 8.42 Å². The Morgan fingerprint density at radius 2 is 1.81 bits per heavy atom. The molecule has 8 heteroatoms. The van der Waals surface area contributed by atoms with Gasteiger partial charge in [0, 0.05) is 45.3 Å². The number of ether oxygens (including phenoxy) is 1. The molecule has 6 nitrogen and oxygen atoms in total. The number of sulfonamides is 1. The molecule has 1 N–H and O–H groups in total. The highest BCUT2D eigenvalue weighted by Crippen LogP contribution is 2.25. The summed E-state index contributed by atoms with van der Waals surface area (Å²) in [6, 6.07) is 7.15. The number of nitrogens with one attached hydrogen (secondary N) is 1. The average Bonchev–Trinajstić information content (AvgIpc) is 3.12. The quantitative estimate of drug-likeness (QED) is 0.784. The van der Waals surface area contributed by atoms with Crippen molar-refractivity contribution in [1.29, 1.82) is 0 Å². The summed E-state index contributed by atoms with van der Waals surface area (Å²) in [6.07, 6.45) is 0.912. The molecule has 2 aliphatic rings. The van der Waals surface area contributed by atoms with E-state index in [1.807, 2.05) is 0 Å². The van der Waals surface area contributed by atoms with Crippen molar-refractivity contribution in [3.05, 3.63) is 24.3 Å². The summed E-state index contributed by atoms with van der Waals surface area (Å²) < 4.78 is 33.1. The van der Waals surface area contributed by atoms with E-state index in [9.17, 15) is 8.42 Å². The highest BCUT2D eigenvalue weighted by molar-refractivity contribution is 7.89. The molecule has 2 saturated heterocycles. The van der Waals surface area contributed by atoms with Gasteiger partial charge in [-0.2, -0.15) is 4.31 Å². The maximum absolute atomic E-state index is 12.9. The van der Waals surface area contributed by atoms with E-state index in [4.69, 9.17) is 4.74 Å². The molecule has 3 rings (SSSR count). The summed E-state index contributed by atoms with van der Waals surface area (Å²) in [5.74, 6) is 1.16. The summed E-state index contributed by atoms with van der Waals surface area (Å²) in [7, 11) is -3.42. The number of halogens is 1. The first-order valence-electron chi connectivity index (χ1n) is 9.14. The van der Waals surface area contributed by atoms with Crippen molar-refractivity contribution in [2.75, 3.05) is 45.9 Å². The number of nitrogens with zero attached hydrogens (tertiary/aromatic N) is 2. The number of benzene rings is 1. The van der Waals surface area contributed by atoms with E-state index in [0.717, 1.165) is 32.6 Å². The van der Waals surface area contributed by atoms with Crippen LogP contribution in [0.1, 0.15) is 20.3 Å². The molecule has 26 heavy (non-hydrogen) atoms. The van der Waals surface area contributed by atoms with Crippen LogP contribution < -0.4 is 10.1 Å². The van der Waals surface area contributed by atoms with E-state index in [2.05, 4.69) is 24.1 Å². The molecular weight excluding hydrogens is 374 g/mol. The van der Waals surface area contributed by atoms with E-state index < -0.39 is 10.0 Å². The third-order valence-electron chi connectivity index (χ3n) is 4.84. The van der Waals surface area contributed by atoms with Crippen LogP contribution in [-0.4, -0.2) is 69.5 Å². The third-order valence-corrected chi connectivity index (χ3v) is 6.72. The van der Waals surface area contributed by atoms with E-state index in [1.54, 1.807) is 28.6 Å². The topological polar surface area (TPSA) is 61.9 Å². The molecule has 0 amide bonds. The Morgan fingerprint density at radius 1 is 1.15 bits per heavy atom. The second-order valence-electron chi connectivity index (χ2n) is 7.27. The minimum absolute atomic E-state index is 0. The van der Waals surface area contributed by atoms with Gasteiger partial charge in [-0.05, 0) is 36.6 Å². The van der Waals surface area contributed by atoms with Crippen molar-refractivity contribution in [2.45, 2.75) is 31.2 Å². The first-order chi connectivity index (χ1) is 12.0. The van der Waals surface area contributed by atoms with Crippen LogP contribution in [0.15, 0.2) is 29.2 Å². The second kappa shape index (κ2) is 9.37. The second-order valence-corrected chi connectivity index (χ2v) is 9.21. The normalized spacial score (nSPS) is 22.3. The molecular formula is C18H30ClN3O3S. The molecule has 2 aliphatic heterocycles. The lowest BCUT2D eigenvalue weighted by molar-refractivity contribution is 0.179. The summed E-state index contributed by atoms with van der Waals surface area (Å²) in [5.41, 5.74) is 0. The standard InChI is InChI=1S/C18H29N3O3S.ClH/c1-15(2)14-24-17-3-5-18(6-4-17)25(22,23)21-10-7-16(13-21)20-11-8-19-9-12-20;/h3-6,15-16,19H,7-14H2,1-2H3;1H. The van der Waals surface area contributed by atoms with Gasteiger partial charge in [0.25, 0.3) is 0 Å². The monoisotopic (exact) mass is 403 g/mol. The van der Waals surface area contributed by atoms with Crippen molar-refractivity contribution in [1.82, 2.24) is 14.5 Å². The highest BCUT2D eigenvalue weighted by Gasteiger charge is 2.35. The number of hydrogen-bond donors (Lipinski definition) is 1. The van der Waals surface area contributed by atoms with Crippen molar-refractivity contribution in [2.24, 2.45) is 5.92 Å². The Bertz CT molecular complexity index is 661. The number of rotatable bonds is 6. The SMILES string of the molecule is CC(C)COc1ccc(S(=O)(=O)N2CCC(N3CCNCC3)C2)cc1.Cl. The molecule has 1 unspecified atom stereocenters. The lowest BCUT2D eigenvalue weighted by Crippen LogP contribution is -2.49. The molecule has 2 fully saturated rings. The van der Waals surface area contributed by atoms with Gasteiger partial charge in [0.1, 0.15) is 5.75 Å². The number of piperazine rings is 1. The van der Waals surface area contributed by atoms with Crippen LogP contribution in [0.2, 0.25) is 0 Å². The van der Waals surface area contributed by atoms with Gasteiger partial charge in [0.2, 0.25) is 10.0 Å². The lowest BCUT2D eigenvalue weighted by Gasteiger charge is -2.32. The summed E-state index contributed by atoms with van der Waals surface area (Å²) in [4.78, 5) is 2.76. The van der Waals surface area contributed by atoms with Crippen molar-refractivity contribution in [3.63, 3.8) is 0 Å². The lowest BCUT2D eigenvalue weighted by atomic mass is 10.2. The van der Waals surface area contributed by atoms with Gasteiger partial charge >= 0.3 is 0 Å². The Hall–Kier alpha value is -0.860. The Labute approximate surface area is 163 Å². The van der Waals surface area contributed by atoms with Gasteiger partial charge in [0.05, 0.1) is 11.5 Å². The first kappa shape index (κ1) is 21.4. The Kier molecular flexibility index (Phi) is 7.73. The van der Waals surface area contributed by atoms with Crippen LogP contribution in [0.3, 0.4) is 0 Å². The van der Waals surface area contributed by atoms with Crippen molar-refractivity contribution >= 4 is 22.4 Å². The molecule has 0 spiro atoms. The zero-order chi connectivity index (χ0) is 17.9. The fraction of sp³-hybridized carbons (Fsp3) is 0.667. The molecule has 0 radical (unpaired) electrons. The molecule has 2 heterocycles. The molecule has 1 aromatic rings. The largest absolute Gasteiger partial charge is 0.493 e. The van der Waals surface area contributed by atoms with Gasteiger partial charge < -0.3 is 10.1 Å². The van der Waals surface area contributed by atoms with Gasteiger partial charge in [0.15, 0.2) is 0 Å². The molecule has 1 atom stereocenters. The predicted molar refractivity (Wildman–Crippen MR) is 106 cm³/mol. The predicted octanol–water partition coefficient (Wildman–Crippen LogP) is 1.81. The van der Waals surface area contributed by atoms with Crippen LogP contribution in [-0.2, 0) is 10.0 Å². The smallest absolute Gasteiger partial charge is 0.243 e. The molecule has 0 aromatic heterocycles. The summed E-state index contributed by atoms with van der Waals surface area (Å²) in [5, 5.41) is 3.34. The van der Waals surface area contributed by atoms with Crippen LogP contribution in [0, 0.1) is 5.92 Å². The summed E-state index contributed by atoms with van der Waals surface area (Å²) in [6.45, 7) is 9.96. The molecule has 148 valence electrons. The fourth-order valence-electron chi connectivity index (χ4n) is 3.39. The zero-order valence-electron chi connectivity index (χ0n) is 15.6. The maximum Gasteiger partial charge on any atom is 0.243 e. The van der Waals surface area contributed by atoms with E-state index >= 15 is 0 Å². The Morgan fingerprint density at radius 3 is 2.42 bits per heavy atom. The van der Waals surface area contributed by atoms with Gasteiger partial charge in [-0.3, -0.25) is 4.90 Å². The van der Waals surface area contributed by atoms with E-state index in [1.165, 1.54) is 0 Å². The molecule has 0 aliphatic carbocycles. The summed E-state index contributed by atoms with van der Waals surface area (Å²) >= 11 is 0. The van der Waals surface area contributed by atoms with Crippen molar-refractivity contribution < 1.29 is 13.2 Å². The van der Waals surface area contributed by atoms with Crippen LogP contribution in [0.25, 0.3) is 0 Å². The zero-order valence-corrected chi connectivity index (χ0v) is 17.2. The van der Waals surface area contributed by atoms with Crippen LogP contribution in [0.4, 0.5) is 0 Å². The van der Waals surface area contributed by atoms with Gasteiger partial charge in [-0.15, -0.1) is 12.4 Å². The van der Waals surface area contributed by atoms with Crippen LogP contribution in [0.5, 0.6) is 5.75 Å². The highest BCUT2D eigenvalue weighted by atomic mass is 35.5. The van der Waals surface area contributed by atoms with E-state index in [-0.39, 0.29) is 12.4 Å². The first-order valence-corrected chi connectivity index (χ1v) is 10.6. The number of hydrogen-bond acceptors (Lipinski definition) is 5. The maximum atomic E-state index is 12.9. The van der Waals surface area contributed by atoms with E-state index in [0.29, 0.717) is 42.3 Å². The minimum Gasteiger partial charge on any atom is -0.493 e. The molecule has 1 aromatic carbocycles. The Balaban J connectivity index is 0.00000243. The minimum atomic E-state index is -3.42. The molecule has 0 bridgehead atoms.